The molecule has 5 nitrogen and oxygen atoms in total. The summed E-state index contributed by atoms with van der Waals surface area (Å²) in [7, 11) is -4.18. The number of carboxylic acid groups (broad SMARTS) is 1. The standard InChI is InChI=1S/C8H14F3NO4S/c1-2-4-12(6-8(9,10)11)17(15,16)5-3-7(13)14/h2-6H2,1H3,(H,13,14). The fraction of sp³-hybridized carbons (Fsp3) is 0.875. The summed E-state index contributed by atoms with van der Waals surface area (Å²) < 4.78 is 59.6. The van der Waals surface area contributed by atoms with Crippen molar-refractivity contribution in [1.82, 2.24) is 4.31 Å². The Balaban J connectivity index is 4.73. The van der Waals surface area contributed by atoms with E-state index in [1.807, 2.05) is 0 Å². The molecule has 0 aliphatic heterocycles. The fourth-order valence-corrected chi connectivity index (χ4v) is 2.61. The molecule has 102 valence electrons. The van der Waals surface area contributed by atoms with Crippen LogP contribution < -0.4 is 0 Å². The van der Waals surface area contributed by atoms with Gasteiger partial charge in [-0.05, 0) is 6.42 Å². The Bertz CT molecular complexity index is 352. The number of carbonyl (C=O) groups is 1. The topological polar surface area (TPSA) is 74.7 Å². The van der Waals surface area contributed by atoms with Gasteiger partial charge in [0.15, 0.2) is 0 Å². The van der Waals surface area contributed by atoms with Gasteiger partial charge in [-0.25, -0.2) is 8.42 Å². The van der Waals surface area contributed by atoms with Crippen molar-refractivity contribution >= 4 is 16.0 Å². The van der Waals surface area contributed by atoms with E-state index in [1.165, 1.54) is 6.92 Å². The minimum atomic E-state index is -4.63. The zero-order valence-electron chi connectivity index (χ0n) is 9.20. The molecule has 0 heterocycles. The number of aliphatic carboxylic acids is 1. The van der Waals surface area contributed by atoms with Crippen LogP contribution in [0.3, 0.4) is 0 Å². The van der Waals surface area contributed by atoms with Crippen LogP contribution in [0.2, 0.25) is 0 Å². The van der Waals surface area contributed by atoms with Crippen LogP contribution in [0, 0.1) is 0 Å². The summed E-state index contributed by atoms with van der Waals surface area (Å²) in [5, 5.41) is 8.32. The van der Waals surface area contributed by atoms with E-state index in [0.717, 1.165) is 0 Å². The third-order valence-electron chi connectivity index (χ3n) is 1.80. The Labute approximate surface area is 97.3 Å². The molecule has 0 aromatic rings. The molecule has 17 heavy (non-hydrogen) atoms. The van der Waals surface area contributed by atoms with Gasteiger partial charge in [-0.1, -0.05) is 6.92 Å². The van der Waals surface area contributed by atoms with Crippen LogP contribution in [-0.4, -0.2) is 48.8 Å². The summed E-state index contributed by atoms with van der Waals surface area (Å²) >= 11 is 0. The van der Waals surface area contributed by atoms with Gasteiger partial charge in [-0.15, -0.1) is 0 Å². The molecule has 0 saturated carbocycles. The third kappa shape index (κ3) is 7.16. The van der Waals surface area contributed by atoms with Gasteiger partial charge in [0, 0.05) is 6.54 Å². The van der Waals surface area contributed by atoms with E-state index in [2.05, 4.69) is 0 Å². The fourth-order valence-electron chi connectivity index (χ4n) is 1.11. The lowest BCUT2D eigenvalue weighted by Gasteiger charge is -2.22. The Morgan fingerprint density at radius 1 is 1.35 bits per heavy atom. The first-order valence-electron chi connectivity index (χ1n) is 4.85. The minimum Gasteiger partial charge on any atom is -0.481 e. The SMILES string of the molecule is CCCN(CC(F)(F)F)S(=O)(=O)CCC(=O)O. The second-order valence-electron chi connectivity index (χ2n) is 3.41. The number of carboxylic acids is 1. The second kappa shape index (κ2) is 6.20. The van der Waals surface area contributed by atoms with Gasteiger partial charge in [-0.3, -0.25) is 4.79 Å². The summed E-state index contributed by atoms with van der Waals surface area (Å²) in [6.07, 6.45) is -5.12. The largest absolute Gasteiger partial charge is 0.481 e. The van der Waals surface area contributed by atoms with Crippen LogP contribution in [0.15, 0.2) is 0 Å². The van der Waals surface area contributed by atoms with Gasteiger partial charge >= 0.3 is 12.1 Å². The summed E-state index contributed by atoms with van der Waals surface area (Å²) in [6, 6.07) is 0. The predicted molar refractivity (Wildman–Crippen MR) is 54.0 cm³/mol. The molecule has 0 bridgehead atoms. The number of nitrogens with zero attached hydrogens (tertiary/aromatic N) is 1. The molecule has 0 fully saturated rings. The molecule has 1 N–H and O–H groups in total. The highest BCUT2D eigenvalue weighted by Gasteiger charge is 2.35. The predicted octanol–water partition coefficient (Wildman–Crippen LogP) is 1.07. The van der Waals surface area contributed by atoms with Gasteiger partial charge in [0.2, 0.25) is 10.0 Å². The maximum atomic E-state index is 12.1. The van der Waals surface area contributed by atoms with Crippen molar-refractivity contribution in [3.63, 3.8) is 0 Å². The Hall–Kier alpha value is -0.830. The number of hydrogen-bond donors (Lipinski definition) is 1. The van der Waals surface area contributed by atoms with Gasteiger partial charge in [-0.2, -0.15) is 17.5 Å². The molecule has 0 spiro atoms. The molecule has 9 heteroatoms. The van der Waals surface area contributed by atoms with Gasteiger partial charge in [0.25, 0.3) is 0 Å². The lowest BCUT2D eigenvalue weighted by Crippen LogP contribution is -2.40. The first-order chi connectivity index (χ1) is 7.58. The molecule has 0 aliphatic rings. The maximum absolute atomic E-state index is 12.1. The molecule has 0 amide bonds. The first-order valence-corrected chi connectivity index (χ1v) is 6.46. The average Bonchev–Trinajstić information content (AvgIpc) is 2.12. The highest BCUT2D eigenvalue weighted by molar-refractivity contribution is 7.89. The first kappa shape index (κ1) is 16.2. The monoisotopic (exact) mass is 277 g/mol. The summed E-state index contributed by atoms with van der Waals surface area (Å²) in [5.41, 5.74) is 0. The van der Waals surface area contributed by atoms with Crippen molar-refractivity contribution in [2.45, 2.75) is 25.9 Å². The molecule has 0 rings (SSSR count). The molecular weight excluding hydrogens is 263 g/mol. The van der Waals surface area contributed by atoms with Crippen LogP contribution in [0.4, 0.5) is 13.2 Å². The molecule has 0 saturated heterocycles. The molecule has 0 aromatic carbocycles. The molecule has 0 aliphatic carbocycles. The maximum Gasteiger partial charge on any atom is 0.402 e. The van der Waals surface area contributed by atoms with Crippen molar-refractivity contribution in [2.24, 2.45) is 0 Å². The van der Waals surface area contributed by atoms with Crippen molar-refractivity contribution in [1.29, 1.82) is 0 Å². The Morgan fingerprint density at radius 2 is 1.88 bits per heavy atom. The molecule has 0 radical (unpaired) electrons. The van der Waals surface area contributed by atoms with Crippen LogP contribution in [0.5, 0.6) is 0 Å². The van der Waals surface area contributed by atoms with Crippen molar-refractivity contribution in [3.8, 4) is 0 Å². The van der Waals surface area contributed by atoms with Gasteiger partial charge in [0.1, 0.15) is 6.54 Å². The van der Waals surface area contributed by atoms with E-state index in [9.17, 15) is 26.4 Å². The Morgan fingerprint density at radius 3 is 2.24 bits per heavy atom. The van der Waals surface area contributed by atoms with E-state index in [-0.39, 0.29) is 17.3 Å². The number of halogens is 3. The van der Waals surface area contributed by atoms with E-state index < -0.39 is 40.9 Å². The number of rotatable bonds is 7. The van der Waals surface area contributed by atoms with E-state index in [1.54, 1.807) is 0 Å². The number of sulfonamides is 1. The molecule has 0 aromatic heterocycles. The normalized spacial score (nSPS) is 13.0. The highest BCUT2D eigenvalue weighted by Crippen LogP contribution is 2.19. The lowest BCUT2D eigenvalue weighted by molar-refractivity contribution is -0.136. The van der Waals surface area contributed by atoms with Crippen LogP contribution in [0.25, 0.3) is 0 Å². The van der Waals surface area contributed by atoms with Crippen molar-refractivity contribution in [2.75, 3.05) is 18.8 Å². The van der Waals surface area contributed by atoms with Crippen molar-refractivity contribution < 1.29 is 31.5 Å². The average molecular weight is 277 g/mol. The molecule has 0 unspecified atom stereocenters. The van der Waals surface area contributed by atoms with Gasteiger partial charge < -0.3 is 5.11 Å². The summed E-state index contributed by atoms with van der Waals surface area (Å²) in [5.74, 6) is -2.18. The van der Waals surface area contributed by atoms with E-state index >= 15 is 0 Å². The smallest absolute Gasteiger partial charge is 0.402 e. The third-order valence-corrected chi connectivity index (χ3v) is 3.61. The summed E-state index contributed by atoms with van der Waals surface area (Å²) in [4.78, 5) is 10.2. The highest BCUT2D eigenvalue weighted by atomic mass is 32.2. The number of alkyl halides is 3. The minimum absolute atomic E-state index is 0.225. The van der Waals surface area contributed by atoms with Gasteiger partial charge in [0.05, 0.1) is 12.2 Å². The zero-order chi connectivity index (χ0) is 13.7. The van der Waals surface area contributed by atoms with E-state index in [4.69, 9.17) is 5.11 Å². The lowest BCUT2D eigenvalue weighted by atomic mass is 10.5. The van der Waals surface area contributed by atoms with E-state index in [0.29, 0.717) is 0 Å². The quantitative estimate of drug-likeness (QED) is 0.755. The zero-order valence-corrected chi connectivity index (χ0v) is 10.0. The number of hydrogen-bond acceptors (Lipinski definition) is 3. The summed E-state index contributed by atoms with van der Waals surface area (Å²) in [6.45, 7) is -0.319. The van der Waals surface area contributed by atoms with Crippen molar-refractivity contribution in [3.05, 3.63) is 0 Å². The van der Waals surface area contributed by atoms with Crippen LogP contribution in [0.1, 0.15) is 19.8 Å². The van der Waals surface area contributed by atoms with Crippen LogP contribution >= 0.6 is 0 Å². The second-order valence-corrected chi connectivity index (χ2v) is 5.50. The molecular formula is C8H14F3NO4S. The Kier molecular flexibility index (Phi) is 5.89. The molecule has 0 atom stereocenters. The van der Waals surface area contributed by atoms with Crippen LogP contribution in [-0.2, 0) is 14.8 Å².